The van der Waals surface area contributed by atoms with Gasteiger partial charge in [0.1, 0.15) is 0 Å². The molecule has 4 heteroatoms. The number of unbranched alkanes of at least 4 members (excludes halogenated alkanes) is 4. The van der Waals surface area contributed by atoms with Crippen LogP contribution in [0.4, 0.5) is 0 Å². The van der Waals surface area contributed by atoms with Crippen LogP contribution in [-0.4, -0.2) is 21.1 Å². The molecule has 0 aromatic rings. The lowest BCUT2D eigenvalue weighted by atomic mass is 10.2. The van der Waals surface area contributed by atoms with E-state index in [4.69, 9.17) is 19.9 Å². The summed E-state index contributed by atoms with van der Waals surface area (Å²) >= 11 is 6.35. The third-order valence-electron chi connectivity index (χ3n) is 2.30. The van der Waals surface area contributed by atoms with E-state index in [9.17, 15) is 0 Å². The van der Waals surface area contributed by atoms with Crippen LogP contribution >= 0.6 is 11.1 Å². The van der Waals surface area contributed by atoms with Gasteiger partial charge in [-0.3, -0.25) is 0 Å². The van der Waals surface area contributed by atoms with Gasteiger partial charge in [-0.2, -0.15) is 0 Å². The lowest BCUT2D eigenvalue weighted by molar-refractivity contribution is 0.202. The summed E-state index contributed by atoms with van der Waals surface area (Å²) < 4.78 is 11.1. The summed E-state index contributed by atoms with van der Waals surface area (Å²) in [4.78, 5) is 0. The molecule has 0 N–H and O–H groups in total. The Labute approximate surface area is 100 Å². The van der Waals surface area contributed by atoms with Crippen LogP contribution in [0.2, 0.25) is 6.04 Å². The Morgan fingerprint density at radius 2 is 1.40 bits per heavy atom. The predicted molar refractivity (Wildman–Crippen MR) is 68.4 cm³/mol. The molecular formula is C11H25ClO2Si. The molecule has 0 aromatic carbocycles. The lowest BCUT2D eigenvalue weighted by Gasteiger charge is -2.22. The fourth-order valence-corrected chi connectivity index (χ4v) is 4.52. The zero-order chi connectivity index (χ0) is 11.6. The first-order valence-electron chi connectivity index (χ1n) is 6.15. The molecule has 0 rings (SSSR count). The second-order valence-electron chi connectivity index (χ2n) is 3.69. The number of rotatable bonds is 10. The SMILES string of the molecule is CCCCCCC[Si](Cl)(OCC)OCC. The Morgan fingerprint density at radius 3 is 1.87 bits per heavy atom. The molecule has 0 saturated heterocycles. The second kappa shape index (κ2) is 9.64. The maximum absolute atomic E-state index is 6.35. The highest BCUT2D eigenvalue weighted by Gasteiger charge is 2.34. The molecule has 15 heavy (non-hydrogen) atoms. The molecule has 0 spiro atoms. The van der Waals surface area contributed by atoms with E-state index in [1.165, 1.54) is 25.7 Å². The van der Waals surface area contributed by atoms with E-state index >= 15 is 0 Å². The van der Waals surface area contributed by atoms with Crippen LogP contribution < -0.4 is 0 Å². The first kappa shape index (κ1) is 15.4. The van der Waals surface area contributed by atoms with Crippen molar-refractivity contribution in [2.45, 2.75) is 58.9 Å². The van der Waals surface area contributed by atoms with Crippen molar-refractivity contribution in [3.8, 4) is 0 Å². The highest BCUT2D eigenvalue weighted by molar-refractivity contribution is 7.12. The summed E-state index contributed by atoms with van der Waals surface area (Å²) in [5.74, 6) is 0. The van der Waals surface area contributed by atoms with Gasteiger partial charge in [0.05, 0.1) is 0 Å². The molecule has 0 aliphatic carbocycles. The maximum atomic E-state index is 6.35. The number of hydrogen-bond acceptors (Lipinski definition) is 2. The third kappa shape index (κ3) is 8.26. The minimum Gasteiger partial charge on any atom is -0.383 e. The van der Waals surface area contributed by atoms with Crippen LogP contribution in [0.15, 0.2) is 0 Å². The predicted octanol–water partition coefficient (Wildman–Crippen LogP) is 4.21. The average molecular weight is 253 g/mol. The van der Waals surface area contributed by atoms with E-state index < -0.39 is 7.87 Å². The molecular weight excluding hydrogens is 228 g/mol. The van der Waals surface area contributed by atoms with Gasteiger partial charge in [-0.25, -0.2) is 0 Å². The Balaban J connectivity index is 3.65. The van der Waals surface area contributed by atoms with Gasteiger partial charge < -0.3 is 8.85 Å². The van der Waals surface area contributed by atoms with Crippen molar-refractivity contribution in [1.82, 2.24) is 0 Å². The highest BCUT2D eigenvalue weighted by atomic mass is 35.6. The first-order valence-corrected chi connectivity index (χ1v) is 9.18. The summed E-state index contributed by atoms with van der Waals surface area (Å²) in [5.41, 5.74) is 0. The molecule has 0 saturated carbocycles. The molecule has 0 radical (unpaired) electrons. The Kier molecular flexibility index (Phi) is 9.91. The highest BCUT2D eigenvalue weighted by Crippen LogP contribution is 2.22. The fourth-order valence-electron chi connectivity index (χ4n) is 1.56. The van der Waals surface area contributed by atoms with Crippen molar-refractivity contribution >= 4 is 18.9 Å². The normalized spacial score (nSPS) is 12.0. The molecule has 0 aliphatic heterocycles. The lowest BCUT2D eigenvalue weighted by Crippen LogP contribution is -2.36. The van der Waals surface area contributed by atoms with Crippen LogP contribution in [0.5, 0.6) is 0 Å². The maximum Gasteiger partial charge on any atom is 0.443 e. The van der Waals surface area contributed by atoms with Crippen molar-refractivity contribution < 1.29 is 8.85 Å². The van der Waals surface area contributed by atoms with E-state index in [-0.39, 0.29) is 0 Å². The second-order valence-corrected chi connectivity index (χ2v) is 7.82. The van der Waals surface area contributed by atoms with E-state index in [1.54, 1.807) is 0 Å². The van der Waals surface area contributed by atoms with E-state index in [1.807, 2.05) is 13.8 Å². The Hall–Kier alpha value is 0.427. The van der Waals surface area contributed by atoms with Gasteiger partial charge in [0.15, 0.2) is 0 Å². The molecule has 0 atom stereocenters. The van der Waals surface area contributed by atoms with Crippen LogP contribution in [-0.2, 0) is 8.85 Å². The molecule has 0 aliphatic rings. The fraction of sp³-hybridized carbons (Fsp3) is 1.00. The van der Waals surface area contributed by atoms with Gasteiger partial charge in [-0.05, 0) is 13.8 Å². The third-order valence-corrected chi connectivity index (χ3v) is 5.91. The van der Waals surface area contributed by atoms with Crippen molar-refractivity contribution in [1.29, 1.82) is 0 Å². The van der Waals surface area contributed by atoms with Gasteiger partial charge in [0, 0.05) is 19.3 Å². The summed E-state index contributed by atoms with van der Waals surface area (Å²) in [6, 6.07) is 0.917. The van der Waals surface area contributed by atoms with Crippen molar-refractivity contribution in [2.75, 3.05) is 13.2 Å². The Bertz CT molecular complexity index is 139. The molecule has 0 heterocycles. The standard InChI is InChI=1S/C11H25ClO2Si/c1-4-7-8-9-10-11-15(12,13-5-2)14-6-3/h4-11H2,1-3H3. The minimum atomic E-state index is -2.34. The van der Waals surface area contributed by atoms with Crippen LogP contribution in [0.1, 0.15) is 52.9 Å². The molecule has 92 valence electrons. The van der Waals surface area contributed by atoms with E-state index in [0.717, 1.165) is 12.5 Å². The van der Waals surface area contributed by atoms with Gasteiger partial charge in [0.25, 0.3) is 0 Å². The summed E-state index contributed by atoms with van der Waals surface area (Å²) in [6.45, 7) is 7.48. The zero-order valence-corrected chi connectivity index (χ0v) is 12.1. The van der Waals surface area contributed by atoms with Gasteiger partial charge in [-0.15, -0.1) is 0 Å². The van der Waals surface area contributed by atoms with Crippen molar-refractivity contribution in [3.05, 3.63) is 0 Å². The number of halogens is 1. The van der Waals surface area contributed by atoms with Crippen LogP contribution in [0.3, 0.4) is 0 Å². The summed E-state index contributed by atoms with van der Waals surface area (Å²) in [6.07, 6.45) is 6.28. The zero-order valence-electron chi connectivity index (χ0n) is 10.4. The first-order chi connectivity index (χ1) is 7.18. The average Bonchev–Trinajstić information content (AvgIpc) is 2.18. The minimum absolute atomic E-state index is 0.657. The van der Waals surface area contributed by atoms with Gasteiger partial charge in [-0.1, -0.05) is 50.1 Å². The molecule has 0 aromatic heterocycles. The summed E-state index contributed by atoms with van der Waals surface area (Å²) in [5, 5.41) is 0. The molecule has 0 bridgehead atoms. The smallest absolute Gasteiger partial charge is 0.383 e. The monoisotopic (exact) mass is 252 g/mol. The molecule has 0 fully saturated rings. The van der Waals surface area contributed by atoms with Gasteiger partial charge >= 0.3 is 7.87 Å². The largest absolute Gasteiger partial charge is 0.443 e. The topological polar surface area (TPSA) is 18.5 Å². The van der Waals surface area contributed by atoms with E-state index in [2.05, 4.69) is 6.92 Å². The van der Waals surface area contributed by atoms with Crippen molar-refractivity contribution in [2.24, 2.45) is 0 Å². The quantitative estimate of drug-likeness (QED) is 0.330. The Morgan fingerprint density at radius 1 is 0.867 bits per heavy atom. The van der Waals surface area contributed by atoms with Crippen molar-refractivity contribution in [3.63, 3.8) is 0 Å². The van der Waals surface area contributed by atoms with E-state index in [0.29, 0.717) is 13.2 Å². The molecule has 0 amide bonds. The van der Waals surface area contributed by atoms with Crippen LogP contribution in [0, 0.1) is 0 Å². The molecule has 2 nitrogen and oxygen atoms in total. The summed E-state index contributed by atoms with van der Waals surface area (Å²) in [7, 11) is -2.34. The van der Waals surface area contributed by atoms with Gasteiger partial charge in [0.2, 0.25) is 0 Å². The molecule has 0 unspecified atom stereocenters. The number of hydrogen-bond donors (Lipinski definition) is 0. The van der Waals surface area contributed by atoms with Crippen LogP contribution in [0.25, 0.3) is 0 Å².